The van der Waals surface area contributed by atoms with Gasteiger partial charge >= 0.3 is 18.2 Å². The molecule has 2 amide bonds. The van der Waals surface area contributed by atoms with Gasteiger partial charge in [-0.25, -0.2) is 9.59 Å². The summed E-state index contributed by atoms with van der Waals surface area (Å²) in [4.78, 5) is 22.1. The summed E-state index contributed by atoms with van der Waals surface area (Å²) in [6, 6.07) is 1.32. The van der Waals surface area contributed by atoms with Crippen LogP contribution in [-0.4, -0.2) is 23.7 Å². The highest BCUT2D eigenvalue weighted by Crippen LogP contribution is 2.32. The molecular formula is C12H11F3N2O3. The molecule has 20 heavy (non-hydrogen) atoms. The summed E-state index contributed by atoms with van der Waals surface area (Å²) >= 11 is 0. The minimum atomic E-state index is -4.71. The fourth-order valence-electron chi connectivity index (χ4n) is 1.33. The van der Waals surface area contributed by atoms with E-state index in [2.05, 4.69) is 17.2 Å². The van der Waals surface area contributed by atoms with Crippen LogP contribution < -0.4 is 10.6 Å². The number of carboxylic acid groups (broad SMARTS) is 1. The van der Waals surface area contributed by atoms with E-state index in [1.54, 1.807) is 0 Å². The molecule has 1 rings (SSSR count). The Hall–Kier alpha value is -2.51. The third-order valence-electron chi connectivity index (χ3n) is 2.17. The number of aromatic carboxylic acids is 1. The number of benzene rings is 1. The van der Waals surface area contributed by atoms with Crippen LogP contribution in [0.3, 0.4) is 0 Å². The molecule has 1 aromatic carbocycles. The SMILES string of the molecule is C=CCNC(=O)Nc1cc(C(=O)O)cc(C(F)(F)F)c1. The first-order valence-corrected chi connectivity index (χ1v) is 5.35. The lowest BCUT2D eigenvalue weighted by atomic mass is 10.1. The van der Waals surface area contributed by atoms with Gasteiger partial charge in [0.1, 0.15) is 0 Å². The van der Waals surface area contributed by atoms with Crippen LogP contribution in [0.1, 0.15) is 15.9 Å². The molecule has 0 aliphatic heterocycles. The molecule has 0 aliphatic rings. The summed E-state index contributed by atoms with van der Waals surface area (Å²) in [6.07, 6.45) is -3.33. The summed E-state index contributed by atoms with van der Waals surface area (Å²) in [5.74, 6) is -1.52. The lowest BCUT2D eigenvalue weighted by molar-refractivity contribution is -0.137. The number of hydrogen-bond donors (Lipinski definition) is 3. The van der Waals surface area contributed by atoms with Crippen molar-refractivity contribution in [2.45, 2.75) is 6.18 Å². The van der Waals surface area contributed by atoms with Gasteiger partial charge in [0, 0.05) is 12.2 Å². The fraction of sp³-hybridized carbons (Fsp3) is 0.167. The molecule has 0 spiro atoms. The number of carboxylic acids is 1. The second-order valence-electron chi connectivity index (χ2n) is 3.73. The number of alkyl halides is 3. The van der Waals surface area contributed by atoms with Crippen molar-refractivity contribution < 1.29 is 27.9 Å². The molecule has 5 nitrogen and oxygen atoms in total. The minimum absolute atomic E-state index is 0.122. The zero-order valence-electron chi connectivity index (χ0n) is 10.1. The Morgan fingerprint density at radius 1 is 1.30 bits per heavy atom. The molecule has 0 bridgehead atoms. The van der Waals surface area contributed by atoms with Crippen LogP contribution in [0.4, 0.5) is 23.7 Å². The van der Waals surface area contributed by atoms with Crippen molar-refractivity contribution in [3.05, 3.63) is 42.0 Å². The van der Waals surface area contributed by atoms with Gasteiger partial charge in [0.05, 0.1) is 11.1 Å². The number of amides is 2. The summed E-state index contributed by atoms with van der Waals surface area (Å²) in [5.41, 5.74) is -1.99. The van der Waals surface area contributed by atoms with Crippen LogP contribution in [0.2, 0.25) is 0 Å². The van der Waals surface area contributed by atoms with E-state index in [1.165, 1.54) is 6.08 Å². The number of rotatable bonds is 4. The Kier molecular flexibility index (Phi) is 4.73. The van der Waals surface area contributed by atoms with Crippen LogP contribution >= 0.6 is 0 Å². The second-order valence-corrected chi connectivity index (χ2v) is 3.73. The van der Waals surface area contributed by atoms with E-state index in [4.69, 9.17) is 5.11 Å². The van der Waals surface area contributed by atoms with Crippen molar-refractivity contribution in [1.29, 1.82) is 0 Å². The molecule has 0 saturated carbocycles. The number of carbonyl (C=O) groups is 2. The van der Waals surface area contributed by atoms with E-state index in [0.717, 1.165) is 6.07 Å². The van der Waals surface area contributed by atoms with Crippen LogP contribution in [0.15, 0.2) is 30.9 Å². The van der Waals surface area contributed by atoms with Crippen LogP contribution in [0.25, 0.3) is 0 Å². The zero-order valence-corrected chi connectivity index (χ0v) is 10.1. The average molecular weight is 288 g/mol. The normalized spacial score (nSPS) is 10.8. The summed E-state index contributed by atoms with van der Waals surface area (Å²) in [6.45, 7) is 3.48. The van der Waals surface area contributed by atoms with Crippen molar-refractivity contribution >= 4 is 17.7 Å². The number of nitrogens with one attached hydrogen (secondary N) is 2. The summed E-state index contributed by atoms with van der Waals surface area (Å²) in [5, 5.41) is 13.2. The number of halogens is 3. The van der Waals surface area contributed by atoms with Gasteiger partial charge in [-0.05, 0) is 18.2 Å². The zero-order chi connectivity index (χ0) is 15.3. The maximum absolute atomic E-state index is 12.6. The van der Waals surface area contributed by atoms with E-state index in [-0.39, 0.29) is 12.2 Å². The van der Waals surface area contributed by atoms with Gasteiger partial charge < -0.3 is 15.7 Å². The molecule has 0 unspecified atom stereocenters. The molecule has 0 fully saturated rings. The molecule has 0 aliphatic carbocycles. The number of carbonyl (C=O) groups excluding carboxylic acids is 1. The van der Waals surface area contributed by atoms with Crippen LogP contribution in [0, 0.1) is 0 Å². The minimum Gasteiger partial charge on any atom is -0.478 e. The van der Waals surface area contributed by atoms with Crippen molar-refractivity contribution in [1.82, 2.24) is 5.32 Å². The van der Waals surface area contributed by atoms with E-state index in [1.807, 2.05) is 0 Å². The van der Waals surface area contributed by atoms with Gasteiger partial charge in [-0.15, -0.1) is 6.58 Å². The predicted molar refractivity (Wildman–Crippen MR) is 65.6 cm³/mol. The van der Waals surface area contributed by atoms with Crippen molar-refractivity contribution in [2.24, 2.45) is 0 Å². The van der Waals surface area contributed by atoms with Gasteiger partial charge in [-0.2, -0.15) is 13.2 Å². The lowest BCUT2D eigenvalue weighted by Gasteiger charge is -2.11. The van der Waals surface area contributed by atoms with E-state index < -0.39 is 29.3 Å². The Balaban J connectivity index is 3.06. The standard InChI is InChI=1S/C12H11F3N2O3/c1-2-3-16-11(20)17-9-5-7(10(18)19)4-8(6-9)12(13,14)15/h2,4-6H,1,3H2,(H,18,19)(H2,16,17,20). The van der Waals surface area contributed by atoms with Gasteiger partial charge in [0.15, 0.2) is 0 Å². The predicted octanol–water partition coefficient (Wildman–Crippen LogP) is 2.71. The highest BCUT2D eigenvalue weighted by Gasteiger charge is 2.32. The summed E-state index contributed by atoms with van der Waals surface area (Å²) in [7, 11) is 0. The Labute approximate surface area is 112 Å². The molecule has 0 aromatic heterocycles. The third kappa shape index (κ3) is 4.30. The maximum atomic E-state index is 12.6. The van der Waals surface area contributed by atoms with Gasteiger partial charge in [-0.1, -0.05) is 6.08 Å². The van der Waals surface area contributed by atoms with Crippen molar-refractivity contribution in [3.63, 3.8) is 0 Å². The van der Waals surface area contributed by atoms with Gasteiger partial charge in [0.2, 0.25) is 0 Å². The first-order chi connectivity index (χ1) is 9.24. The van der Waals surface area contributed by atoms with E-state index in [9.17, 15) is 22.8 Å². The summed E-state index contributed by atoms with van der Waals surface area (Å²) < 4.78 is 37.9. The van der Waals surface area contributed by atoms with Crippen LogP contribution in [0.5, 0.6) is 0 Å². The largest absolute Gasteiger partial charge is 0.478 e. The molecule has 0 heterocycles. The Bertz CT molecular complexity index is 541. The number of anilines is 1. The Morgan fingerprint density at radius 3 is 2.45 bits per heavy atom. The maximum Gasteiger partial charge on any atom is 0.416 e. The van der Waals surface area contributed by atoms with Gasteiger partial charge in [0.25, 0.3) is 0 Å². The van der Waals surface area contributed by atoms with E-state index in [0.29, 0.717) is 12.1 Å². The number of hydrogen-bond acceptors (Lipinski definition) is 2. The second kappa shape index (κ2) is 6.09. The number of urea groups is 1. The molecule has 0 radical (unpaired) electrons. The molecule has 8 heteroatoms. The molecule has 3 N–H and O–H groups in total. The van der Waals surface area contributed by atoms with Crippen LogP contribution in [-0.2, 0) is 6.18 Å². The fourth-order valence-corrected chi connectivity index (χ4v) is 1.33. The lowest BCUT2D eigenvalue weighted by Crippen LogP contribution is -2.28. The quantitative estimate of drug-likeness (QED) is 0.745. The smallest absolute Gasteiger partial charge is 0.416 e. The monoisotopic (exact) mass is 288 g/mol. The van der Waals surface area contributed by atoms with Gasteiger partial charge in [-0.3, -0.25) is 0 Å². The molecule has 1 aromatic rings. The highest BCUT2D eigenvalue weighted by atomic mass is 19.4. The molecule has 108 valence electrons. The highest BCUT2D eigenvalue weighted by molar-refractivity contribution is 5.93. The van der Waals surface area contributed by atoms with Crippen molar-refractivity contribution in [2.75, 3.05) is 11.9 Å². The average Bonchev–Trinajstić information content (AvgIpc) is 2.34. The third-order valence-corrected chi connectivity index (χ3v) is 2.17. The molecule has 0 saturated heterocycles. The molecular weight excluding hydrogens is 277 g/mol. The molecule has 0 atom stereocenters. The first kappa shape index (κ1) is 15.5. The van der Waals surface area contributed by atoms with Crippen molar-refractivity contribution in [3.8, 4) is 0 Å². The topological polar surface area (TPSA) is 78.4 Å². The van der Waals surface area contributed by atoms with E-state index >= 15 is 0 Å². The first-order valence-electron chi connectivity index (χ1n) is 5.35. The Morgan fingerprint density at radius 2 is 1.95 bits per heavy atom.